The Bertz CT molecular complexity index is 2710. The largest absolute Gasteiger partial charge is 0.182 e. The Balaban J connectivity index is 1.25. The van der Waals surface area contributed by atoms with Gasteiger partial charge in [-0.15, -0.1) is 0 Å². The minimum absolute atomic E-state index is 1.27. The summed E-state index contributed by atoms with van der Waals surface area (Å²) >= 11 is 0. The maximum Gasteiger partial charge on any atom is 0.182 e. The first kappa shape index (κ1) is 27.0. The molecule has 11 rings (SSSR count). The predicted molar refractivity (Wildman–Crippen MR) is 211 cm³/mol. The molecule has 0 unspecified atom stereocenters. The average Bonchev–Trinajstić information content (AvgIpc) is 3.64. The Morgan fingerprint density at radius 3 is 1.24 bits per heavy atom. The van der Waals surface area contributed by atoms with E-state index in [0.717, 1.165) is 0 Å². The zero-order valence-electron chi connectivity index (χ0n) is 26.8. The van der Waals surface area contributed by atoms with Gasteiger partial charge in [-0.1, -0.05) is 182 Å². The maximum atomic E-state index is 2.59. The van der Waals surface area contributed by atoms with Crippen LogP contribution < -0.4 is 20.7 Å². The number of hydrogen-bond acceptors (Lipinski definition) is 0. The second-order valence-electron chi connectivity index (χ2n) is 13.5. The highest BCUT2D eigenvalue weighted by Crippen LogP contribution is 2.46. The van der Waals surface area contributed by atoms with Gasteiger partial charge in [-0.2, -0.15) is 0 Å². The third-order valence-electron chi connectivity index (χ3n) is 11.3. The summed E-state index contributed by atoms with van der Waals surface area (Å²) in [4.78, 5) is 0. The molecule has 0 bridgehead atoms. The topological polar surface area (TPSA) is 0 Å². The van der Waals surface area contributed by atoms with Gasteiger partial charge in [0.05, 0.1) is 0 Å². The summed E-state index contributed by atoms with van der Waals surface area (Å²) in [6.45, 7) is 0. The van der Waals surface area contributed by atoms with E-state index in [1.54, 1.807) is 0 Å². The van der Waals surface area contributed by atoms with Crippen LogP contribution in [0.15, 0.2) is 182 Å². The van der Waals surface area contributed by atoms with Crippen LogP contribution in [0.4, 0.5) is 0 Å². The van der Waals surface area contributed by atoms with Crippen molar-refractivity contribution in [1.82, 2.24) is 0 Å². The van der Waals surface area contributed by atoms with Crippen LogP contribution in [0.1, 0.15) is 0 Å². The van der Waals surface area contributed by atoms with Crippen molar-refractivity contribution in [2.75, 3.05) is 0 Å². The lowest BCUT2D eigenvalue weighted by Gasteiger charge is -2.28. The average molecular weight is 635 g/mol. The Morgan fingerprint density at radius 2 is 0.673 bits per heavy atom. The van der Waals surface area contributed by atoms with Crippen LogP contribution in [0, 0.1) is 0 Å². The van der Waals surface area contributed by atoms with Crippen LogP contribution in [0.2, 0.25) is 0 Å². The minimum Gasteiger partial charge on any atom is -0.0623 e. The second-order valence-corrected chi connectivity index (χ2v) is 17.2. The number of benzene rings is 9. The van der Waals surface area contributed by atoms with Crippen molar-refractivity contribution in [3.05, 3.63) is 182 Å². The first-order chi connectivity index (χ1) is 24.3. The first-order valence-electron chi connectivity index (χ1n) is 17.2. The molecule has 2 aliphatic rings. The molecule has 0 amide bonds. The molecule has 9 aromatic rings. The fourth-order valence-corrected chi connectivity index (χ4v) is 15.1. The smallest absolute Gasteiger partial charge is 0.0623 e. The van der Waals surface area contributed by atoms with Crippen LogP contribution in [0.3, 0.4) is 0 Å². The van der Waals surface area contributed by atoms with Gasteiger partial charge in [-0.05, 0) is 97.6 Å². The highest BCUT2D eigenvalue weighted by Gasteiger charge is 2.53. The summed E-state index contributed by atoms with van der Waals surface area (Å²) in [6.07, 6.45) is 0. The van der Waals surface area contributed by atoms with Gasteiger partial charge in [0.2, 0.25) is 0 Å². The van der Waals surface area contributed by atoms with Gasteiger partial charge in [-0.25, -0.2) is 0 Å². The Labute approximate surface area is 286 Å². The van der Waals surface area contributed by atoms with E-state index in [1.807, 2.05) is 0 Å². The van der Waals surface area contributed by atoms with Crippen LogP contribution in [0.5, 0.6) is 0 Å². The number of hydrogen-bond donors (Lipinski definition) is 0. The molecule has 0 radical (unpaired) electrons. The molecule has 0 saturated heterocycles. The molecule has 9 aromatic carbocycles. The zero-order valence-corrected chi connectivity index (χ0v) is 27.8. The first-order valence-corrected chi connectivity index (χ1v) is 19.2. The van der Waals surface area contributed by atoms with Gasteiger partial charge in [0.15, 0.2) is 8.07 Å². The van der Waals surface area contributed by atoms with Crippen molar-refractivity contribution in [3.8, 4) is 44.5 Å². The molecule has 1 heteroatoms. The van der Waals surface area contributed by atoms with Gasteiger partial charge in [-0.3, -0.25) is 0 Å². The van der Waals surface area contributed by atoms with E-state index in [1.165, 1.54) is 97.6 Å². The standard InChI is InChI=1S/C48H30Si/c1-2-16-33-31(14-1)15-13-24-38(33)48-41-22-5-3-20-39(41)47(40-21-4-6-23-42(40)48)32-28-29-37-36-19-9-12-27-45(36)49(46(37)30-32)43-25-10-7-17-34(43)35-18-8-11-26-44(35)49/h1-30H. The lowest BCUT2D eigenvalue weighted by molar-refractivity contribution is 1.67. The second kappa shape index (κ2) is 9.99. The lowest BCUT2D eigenvalue weighted by Crippen LogP contribution is -2.70. The van der Waals surface area contributed by atoms with E-state index < -0.39 is 8.07 Å². The summed E-state index contributed by atoms with van der Waals surface area (Å²) in [5, 5.41) is 13.8. The molecule has 0 saturated carbocycles. The minimum atomic E-state index is -2.55. The molecule has 0 aromatic heterocycles. The van der Waals surface area contributed by atoms with Crippen LogP contribution >= 0.6 is 0 Å². The molecule has 0 atom stereocenters. The molecular formula is C48H30Si. The van der Waals surface area contributed by atoms with Gasteiger partial charge >= 0.3 is 0 Å². The highest BCUT2D eigenvalue weighted by molar-refractivity contribution is 7.24. The van der Waals surface area contributed by atoms with Crippen molar-refractivity contribution in [3.63, 3.8) is 0 Å². The van der Waals surface area contributed by atoms with Crippen molar-refractivity contribution in [2.24, 2.45) is 0 Å². The highest BCUT2D eigenvalue weighted by atomic mass is 28.3. The molecular weight excluding hydrogens is 605 g/mol. The van der Waals surface area contributed by atoms with E-state index in [9.17, 15) is 0 Å². The van der Waals surface area contributed by atoms with E-state index in [0.29, 0.717) is 0 Å². The summed E-state index contributed by atoms with van der Waals surface area (Å²) in [6, 6.07) is 68.7. The normalized spacial score (nSPS) is 13.5. The van der Waals surface area contributed by atoms with Crippen molar-refractivity contribution in [2.45, 2.75) is 0 Å². The molecule has 0 N–H and O–H groups in total. The lowest BCUT2D eigenvalue weighted by atomic mass is 9.84. The van der Waals surface area contributed by atoms with Gasteiger partial charge in [0.25, 0.3) is 0 Å². The fourth-order valence-electron chi connectivity index (χ4n) is 9.42. The number of rotatable bonds is 2. The van der Waals surface area contributed by atoms with Gasteiger partial charge in [0.1, 0.15) is 0 Å². The predicted octanol–water partition coefficient (Wildman–Crippen LogP) is 9.82. The summed E-state index contributed by atoms with van der Waals surface area (Å²) in [7, 11) is -2.55. The monoisotopic (exact) mass is 634 g/mol. The molecule has 0 nitrogen and oxygen atoms in total. The summed E-state index contributed by atoms with van der Waals surface area (Å²) in [5.74, 6) is 0. The summed E-state index contributed by atoms with van der Waals surface area (Å²) in [5.41, 5.74) is 10.8. The van der Waals surface area contributed by atoms with E-state index in [-0.39, 0.29) is 0 Å². The van der Waals surface area contributed by atoms with Crippen molar-refractivity contribution < 1.29 is 0 Å². The summed E-state index contributed by atoms with van der Waals surface area (Å²) < 4.78 is 0. The third-order valence-corrected chi connectivity index (χ3v) is 16.2. The molecule has 49 heavy (non-hydrogen) atoms. The van der Waals surface area contributed by atoms with E-state index >= 15 is 0 Å². The Kier molecular flexibility index (Phi) is 5.50. The van der Waals surface area contributed by atoms with E-state index in [2.05, 4.69) is 182 Å². The van der Waals surface area contributed by atoms with Crippen LogP contribution in [0.25, 0.3) is 76.8 Å². The zero-order chi connectivity index (χ0) is 32.1. The quantitative estimate of drug-likeness (QED) is 0.131. The maximum absolute atomic E-state index is 2.59. The molecule has 226 valence electrons. The fraction of sp³-hybridized carbons (Fsp3) is 0. The SMILES string of the molecule is c1ccc2c(c1)-c1ccccc1[Si]21c2ccccc2-c2ccc(-c3c4ccccc4c(-c4cccc5ccccc45)c4ccccc34)cc21. The third kappa shape index (κ3) is 3.47. The van der Waals surface area contributed by atoms with Gasteiger partial charge in [0, 0.05) is 0 Å². The molecule has 0 fully saturated rings. The van der Waals surface area contributed by atoms with Crippen molar-refractivity contribution in [1.29, 1.82) is 0 Å². The molecule has 1 spiro atoms. The molecule has 2 heterocycles. The van der Waals surface area contributed by atoms with Crippen LogP contribution in [-0.4, -0.2) is 8.07 Å². The Morgan fingerprint density at radius 1 is 0.265 bits per heavy atom. The number of fused-ring (bicyclic) bond motifs is 13. The van der Waals surface area contributed by atoms with E-state index in [4.69, 9.17) is 0 Å². The van der Waals surface area contributed by atoms with Crippen LogP contribution in [-0.2, 0) is 0 Å². The Hall–Kier alpha value is -6.02. The van der Waals surface area contributed by atoms with Crippen molar-refractivity contribution >= 4 is 61.1 Å². The molecule has 2 aliphatic heterocycles. The molecule has 0 aliphatic carbocycles. The van der Waals surface area contributed by atoms with Gasteiger partial charge < -0.3 is 0 Å².